The number of amides is 2. The molecule has 9 heteroatoms. The number of tetrazole rings is 1. The quantitative estimate of drug-likeness (QED) is 0.636. The van der Waals surface area contributed by atoms with Gasteiger partial charge in [0.25, 0.3) is 0 Å². The van der Waals surface area contributed by atoms with Crippen LogP contribution in [0.2, 0.25) is 0 Å². The van der Waals surface area contributed by atoms with E-state index < -0.39 is 6.04 Å². The van der Waals surface area contributed by atoms with E-state index in [4.69, 9.17) is 0 Å². The molecule has 2 aromatic rings. The molecule has 2 N–H and O–H groups in total. The normalized spacial score (nSPS) is 19.9. The molecule has 9 nitrogen and oxygen atoms in total. The Balaban J connectivity index is 1.79. The third-order valence-electron chi connectivity index (χ3n) is 2.63. The van der Waals surface area contributed by atoms with Crippen molar-refractivity contribution in [2.24, 2.45) is 0 Å². The fraction of sp³-hybridized carbons (Fsp3) is 0.333. The van der Waals surface area contributed by atoms with Crippen LogP contribution in [0.1, 0.15) is 12.8 Å². The van der Waals surface area contributed by atoms with Gasteiger partial charge in [-0.15, -0.1) is 14.8 Å². The number of carbonyl (C=O) groups excluding carboxylic acids is 2. The maximum Gasteiger partial charge on any atom is 0.249 e. The van der Waals surface area contributed by atoms with Crippen LogP contribution < -0.4 is 10.6 Å². The number of hydrogen-bond donors (Lipinski definition) is 2. The number of nitrogens with zero attached hydrogens (tertiary/aromatic N) is 5. The van der Waals surface area contributed by atoms with Crippen LogP contribution in [0.3, 0.4) is 0 Å². The number of aromatic nitrogens is 5. The fourth-order valence-electron chi connectivity index (χ4n) is 1.74. The maximum absolute atomic E-state index is 11.6. The summed E-state index contributed by atoms with van der Waals surface area (Å²) < 4.78 is 1.26. The van der Waals surface area contributed by atoms with Crippen molar-refractivity contribution in [2.75, 3.05) is 5.32 Å². The second kappa shape index (κ2) is 4.02. The third kappa shape index (κ3) is 1.85. The molecule has 2 amide bonds. The Hall–Kier alpha value is -2.58. The first-order valence-electron chi connectivity index (χ1n) is 5.38. The van der Waals surface area contributed by atoms with Crippen LogP contribution >= 0.6 is 0 Å². The Morgan fingerprint density at radius 3 is 3.11 bits per heavy atom. The first-order valence-corrected chi connectivity index (χ1v) is 5.38. The van der Waals surface area contributed by atoms with E-state index in [9.17, 15) is 9.59 Å². The lowest BCUT2D eigenvalue weighted by Gasteiger charge is -2.21. The number of piperidine rings is 1. The van der Waals surface area contributed by atoms with Crippen molar-refractivity contribution in [2.45, 2.75) is 18.9 Å². The molecule has 0 bridgehead atoms. The van der Waals surface area contributed by atoms with Gasteiger partial charge in [0.15, 0.2) is 5.65 Å². The number of anilines is 1. The lowest BCUT2D eigenvalue weighted by atomic mass is 10.1. The number of imide groups is 1. The van der Waals surface area contributed by atoms with Crippen molar-refractivity contribution >= 4 is 23.3 Å². The Morgan fingerprint density at radius 2 is 2.28 bits per heavy atom. The summed E-state index contributed by atoms with van der Waals surface area (Å²) in [5.41, 5.74) is 0.517. The zero-order chi connectivity index (χ0) is 12.5. The van der Waals surface area contributed by atoms with Gasteiger partial charge >= 0.3 is 0 Å². The molecule has 1 atom stereocenters. The molecule has 1 unspecified atom stereocenters. The molecule has 1 saturated heterocycles. The highest BCUT2D eigenvalue weighted by molar-refractivity contribution is 6.01. The molecule has 1 aliphatic rings. The lowest BCUT2D eigenvalue weighted by Crippen LogP contribution is -2.47. The molecule has 0 spiro atoms. The van der Waals surface area contributed by atoms with Crippen molar-refractivity contribution in [3.63, 3.8) is 0 Å². The Kier molecular flexibility index (Phi) is 2.36. The molecule has 1 aliphatic heterocycles. The minimum absolute atomic E-state index is 0.248. The van der Waals surface area contributed by atoms with Gasteiger partial charge in [-0.2, -0.15) is 0 Å². The number of nitrogens with one attached hydrogen (secondary N) is 2. The highest BCUT2D eigenvalue weighted by Crippen LogP contribution is 2.11. The van der Waals surface area contributed by atoms with E-state index in [1.807, 2.05) is 0 Å². The van der Waals surface area contributed by atoms with Crippen LogP contribution in [0, 0.1) is 0 Å². The topological polar surface area (TPSA) is 114 Å². The van der Waals surface area contributed by atoms with Crippen LogP contribution in [-0.4, -0.2) is 43.1 Å². The predicted octanol–water partition coefficient (Wildman–Crippen LogP) is -1.26. The molecule has 0 radical (unpaired) electrons. The minimum atomic E-state index is -0.468. The molecule has 92 valence electrons. The monoisotopic (exact) mass is 247 g/mol. The van der Waals surface area contributed by atoms with Gasteiger partial charge in [0.1, 0.15) is 11.9 Å². The molecule has 0 aromatic carbocycles. The summed E-state index contributed by atoms with van der Waals surface area (Å²) in [6, 6.07) is 2.89. The third-order valence-corrected chi connectivity index (χ3v) is 2.63. The van der Waals surface area contributed by atoms with E-state index >= 15 is 0 Å². The second-order valence-electron chi connectivity index (χ2n) is 3.89. The Morgan fingerprint density at radius 1 is 1.39 bits per heavy atom. The smallest absolute Gasteiger partial charge is 0.249 e. The summed E-state index contributed by atoms with van der Waals surface area (Å²) in [5, 5.41) is 20.1. The summed E-state index contributed by atoms with van der Waals surface area (Å²) in [7, 11) is 0. The largest absolute Gasteiger partial charge is 0.357 e. The number of rotatable bonds is 2. The molecule has 3 heterocycles. The fourth-order valence-corrected chi connectivity index (χ4v) is 1.74. The Bertz CT molecular complexity index is 622. The number of fused-ring (bicyclic) bond motifs is 1. The van der Waals surface area contributed by atoms with E-state index in [0.29, 0.717) is 24.3 Å². The highest BCUT2D eigenvalue weighted by atomic mass is 16.2. The van der Waals surface area contributed by atoms with E-state index in [1.165, 1.54) is 4.63 Å². The summed E-state index contributed by atoms with van der Waals surface area (Å²) >= 11 is 0. The van der Waals surface area contributed by atoms with Gasteiger partial charge in [0.2, 0.25) is 11.8 Å². The molecular formula is C9H9N7O2. The van der Waals surface area contributed by atoms with Crippen LogP contribution in [0.5, 0.6) is 0 Å². The molecular weight excluding hydrogens is 238 g/mol. The molecule has 18 heavy (non-hydrogen) atoms. The molecule has 2 aromatic heterocycles. The van der Waals surface area contributed by atoms with Crippen LogP contribution in [0.25, 0.3) is 5.65 Å². The molecule has 0 aliphatic carbocycles. The highest BCUT2D eigenvalue weighted by Gasteiger charge is 2.26. The van der Waals surface area contributed by atoms with Crippen molar-refractivity contribution in [3.05, 3.63) is 12.1 Å². The van der Waals surface area contributed by atoms with Gasteiger partial charge in [-0.25, -0.2) is 0 Å². The van der Waals surface area contributed by atoms with Crippen molar-refractivity contribution in [1.82, 2.24) is 30.6 Å². The first-order chi connectivity index (χ1) is 8.72. The SMILES string of the molecule is O=C1CCC(Nc2ccc3nnnn3n2)C(=O)N1. The summed E-state index contributed by atoms with van der Waals surface area (Å²) in [6.45, 7) is 0. The summed E-state index contributed by atoms with van der Waals surface area (Å²) in [4.78, 5) is 22.6. The van der Waals surface area contributed by atoms with Gasteiger partial charge < -0.3 is 5.32 Å². The minimum Gasteiger partial charge on any atom is -0.357 e. The van der Waals surface area contributed by atoms with E-state index in [2.05, 4.69) is 31.3 Å². The summed E-state index contributed by atoms with van der Waals surface area (Å²) in [5.74, 6) is -0.115. The molecule has 3 rings (SSSR count). The Labute approximate surface area is 101 Å². The van der Waals surface area contributed by atoms with Gasteiger partial charge in [-0.05, 0) is 29.0 Å². The van der Waals surface area contributed by atoms with Crippen LogP contribution in [0.4, 0.5) is 5.82 Å². The number of carbonyl (C=O) groups is 2. The molecule has 1 fully saturated rings. The van der Waals surface area contributed by atoms with Crippen LogP contribution in [0.15, 0.2) is 12.1 Å². The van der Waals surface area contributed by atoms with Crippen molar-refractivity contribution in [3.8, 4) is 0 Å². The average molecular weight is 247 g/mol. The average Bonchev–Trinajstić information content (AvgIpc) is 2.80. The first kappa shape index (κ1) is 10.6. The second-order valence-corrected chi connectivity index (χ2v) is 3.89. The van der Waals surface area contributed by atoms with Gasteiger partial charge in [0.05, 0.1) is 0 Å². The van der Waals surface area contributed by atoms with Crippen LogP contribution in [-0.2, 0) is 9.59 Å². The van der Waals surface area contributed by atoms with E-state index in [0.717, 1.165) is 0 Å². The summed E-state index contributed by atoms with van der Waals surface area (Å²) in [6.07, 6.45) is 0.760. The van der Waals surface area contributed by atoms with Gasteiger partial charge in [0, 0.05) is 6.42 Å². The van der Waals surface area contributed by atoms with E-state index in [-0.39, 0.29) is 11.8 Å². The van der Waals surface area contributed by atoms with E-state index in [1.54, 1.807) is 12.1 Å². The standard InChI is InChI=1S/C9H9N7O2/c17-8-4-1-5(9(18)11-8)10-6-2-3-7-12-14-15-16(7)13-6/h2-3,5H,1,4H2,(H,10,13)(H,11,17,18). The zero-order valence-electron chi connectivity index (χ0n) is 9.20. The predicted molar refractivity (Wildman–Crippen MR) is 58.4 cm³/mol. The van der Waals surface area contributed by atoms with Gasteiger partial charge in [-0.1, -0.05) is 0 Å². The molecule has 0 saturated carbocycles. The van der Waals surface area contributed by atoms with Crippen molar-refractivity contribution < 1.29 is 9.59 Å². The van der Waals surface area contributed by atoms with Crippen molar-refractivity contribution in [1.29, 1.82) is 0 Å². The lowest BCUT2D eigenvalue weighted by molar-refractivity contribution is -0.133. The maximum atomic E-state index is 11.6. The number of hydrogen-bond acceptors (Lipinski definition) is 7. The van der Waals surface area contributed by atoms with Gasteiger partial charge in [-0.3, -0.25) is 14.9 Å². The zero-order valence-corrected chi connectivity index (χ0v) is 9.20.